The van der Waals surface area contributed by atoms with Crippen LogP contribution in [0.4, 0.5) is 0 Å². The molecule has 2 heterocycles. The summed E-state index contributed by atoms with van der Waals surface area (Å²) in [5.74, 6) is 0.744. The zero-order valence-electron chi connectivity index (χ0n) is 10.7. The molecule has 0 unspecified atom stereocenters. The van der Waals surface area contributed by atoms with Crippen molar-refractivity contribution in [3.63, 3.8) is 0 Å². The second-order valence-electron chi connectivity index (χ2n) is 4.87. The summed E-state index contributed by atoms with van der Waals surface area (Å²) in [7, 11) is 1.95. The van der Waals surface area contributed by atoms with Gasteiger partial charge in [-0.05, 0) is 25.3 Å². The fourth-order valence-corrected chi connectivity index (χ4v) is 1.88. The van der Waals surface area contributed by atoms with Crippen LogP contribution in [-0.2, 0) is 13.6 Å². The fraction of sp³-hybridized carbons (Fsp3) is 0.462. The first-order valence-electron chi connectivity index (χ1n) is 6.26. The van der Waals surface area contributed by atoms with E-state index < -0.39 is 0 Å². The fourth-order valence-electron chi connectivity index (χ4n) is 1.88. The number of rotatable bonds is 4. The van der Waals surface area contributed by atoms with Crippen molar-refractivity contribution in [3.05, 3.63) is 30.0 Å². The summed E-state index contributed by atoms with van der Waals surface area (Å²) < 4.78 is 1.93. The Morgan fingerprint density at radius 3 is 2.89 bits per heavy atom. The van der Waals surface area contributed by atoms with Crippen molar-refractivity contribution in [1.29, 1.82) is 0 Å². The Bertz CT molecular complexity index is 556. The molecule has 0 spiro atoms. The molecule has 5 nitrogen and oxygen atoms in total. The zero-order chi connectivity index (χ0) is 12.5. The number of aryl methyl sites for hydroxylation is 2. The summed E-state index contributed by atoms with van der Waals surface area (Å²) in [6.07, 6.45) is 8.03. The van der Waals surface area contributed by atoms with Crippen LogP contribution in [0.3, 0.4) is 0 Å². The van der Waals surface area contributed by atoms with Gasteiger partial charge in [-0.2, -0.15) is 0 Å². The van der Waals surface area contributed by atoms with E-state index >= 15 is 0 Å². The largest absolute Gasteiger partial charge is 0.331 e. The molecular formula is C13H17N5. The lowest BCUT2D eigenvalue weighted by Crippen LogP contribution is -2.17. The van der Waals surface area contributed by atoms with Gasteiger partial charge in [-0.15, -0.1) is 0 Å². The Hall–Kier alpha value is -1.75. The van der Waals surface area contributed by atoms with Gasteiger partial charge in [0.2, 0.25) is 0 Å². The molecule has 0 atom stereocenters. The monoisotopic (exact) mass is 243 g/mol. The molecule has 1 N–H and O–H groups in total. The minimum Gasteiger partial charge on any atom is -0.331 e. The Labute approximate surface area is 106 Å². The normalized spacial score (nSPS) is 15.0. The van der Waals surface area contributed by atoms with Crippen LogP contribution in [0.5, 0.6) is 0 Å². The molecule has 2 aromatic rings. The number of aromatic nitrogens is 4. The van der Waals surface area contributed by atoms with Gasteiger partial charge in [-0.3, -0.25) is 0 Å². The van der Waals surface area contributed by atoms with Crippen LogP contribution in [-0.4, -0.2) is 25.6 Å². The molecule has 1 saturated carbocycles. The van der Waals surface area contributed by atoms with Crippen LogP contribution in [0.2, 0.25) is 0 Å². The molecule has 0 amide bonds. The predicted molar refractivity (Wildman–Crippen MR) is 68.8 cm³/mol. The molecule has 0 aromatic carbocycles. The minimum absolute atomic E-state index is 0.694. The van der Waals surface area contributed by atoms with E-state index in [0.717, 1.165) is 29.3 Å². The number of nitrogens with one attached hydrogen (secondary N) is 1. The van der Waals surface area contributed by atoms with Crippen molar-refractivity contribution in [2.75, 3.05) is 0 Å². The number of hydrogen-bond donors (Lipinski definition) is 1. The smallest absolute Gasteiger partial charge is 0.178 e. The highest BCUT2D eigenvalue weighted by atomic mass is 15.1. The minimum atomic E-state index is 0.694. The highest BCUT2D eigenvalue weighted by molar-refractivity contribution is 5.48. The van der Waals surface area contributed by atoms with E-state index in [2.05, 4.69) is 27.2 Å². The van der Waals surface area contributed by atoms with E-state index in [0.29, 0.717) is 6.04 Å². The third kappa shape index (κ3) is 2.26. The summed E-state index contributed by atoms with van der Waals surface area (Å²) in [6.45, 7) is 2.88. The summed E-state index contributed by atoms with van der Waals surface area (Å²) in [5.41, 5.74) is 3.16. The van der Waals surface area contributed by atoms with Crippen molar-refractivity contribution in [2.45, 2.75) is 32.4 Å². The second kappa shape index (κ2) is 4.49. The number of imidazole rings is 1. The standard InChI is InChI=1S/C13H17N5/c1-9-5-16-13(12-7-14-8-18(12)2)17-11(9)6-15-10-3-4-10/h5,7-8,10,15H,3-4,6H2,1-2H3. The number of hydrogen-bond acceptors (Lipinski definition) is 4. The highest BCUT2D eigenvalue weighted by Crippen LogP contribution is 2.20. The van der Waals surface area contributed by atoms with Gasteiger partial charge in [0.05, 0.1) is 18.2 Å². The second-order valence-corrected chi connectivity index (χ2v) is 4.87. The predicted octanol–water partition coefficient (Wildman–Crippen LogP) is 1.44. The van der Waals surface area contributed by atoms with Gasteiger partial charge in [-0.25, -0.2) is 15.0 Å². The van der Waals surface area contributed by atoms with Crippen molar-refractivity contribution >= 4 is 0 Å². The summed E-state index contributed by atoms with van der Waals surface area (Å²) >= 11 is 0. The lowest BCUT2D eigenvalue weighted by Gasteiger charge is -2.08. The van der Waals surface area contributed by atoms with Crippen LogP contribution in [0.25, 0.3) is 11.5 Å². The summed E-state index contributed by atoms with van der Waals surface area (Å²) in [6, 6.07) is 0.694. The van der Waals surface area contributed by atoms with Gasteiger partial charge >= 0.3 is 0 Å². The Morgan fingerprint density at radius 1 is 1.39 bits per heavy atom. The Morgan fingerprint density at radius 2 is 2.22 bits per heavy atom. The molecule has 2 aromatic heterocycles. The third-order valence-corrected chi connectivity index (χ3v) is 3.26. The molecule has 0 aliphatic heterocycles. The van der Waals surface area contributed by atoms with Gasteiger partial charge in [-0.1, -0.05) is 0 Å². The SMILES string of the molecule is Cc1cnc(-c2cncn2C)nc1CNC1CC1. The van der Waals surface area contributed by atoms with Crippen molar-refractivity contribution < 1.29 is 0 Å². The molecule has 18 heavy (non-hydrogen) atoms. The van der Waals surface area contributed by atoms with Crippen molar-refractivity contribution in [3.8, 4) is 11.5 Å². The van der Waals surface area contributed by atoms with Crippen LogP contribution in [0.1, 0.15) is 24.1 Å². The molecular weight excluding hydrogens is 226 g/mol. The maximum Gasteiger partial charge on any atom is 0.178 e. The van der Waals surface area contributed by atoms with E-state index in [1.165, 1.54) is 12.8 Å². The van der Waals surface area contributed by atoms with Gasteiger partial charge in [0.25, 0.3) is 0 Å². The van der Waals surface area contributed by atoms with Crippen molar-refractivity contribution in [2.24, 2.45) is 7.05 Å². The van der Waals surface area contributed by atoms with E-state index in [4.69, 9.17) is 0 Å². The first kappa shape index (κ1) is 11.3. The maximum atomic E-state index is 4.64. The van der Waals surface area contributed by atoms with Crippen LogP contribution < -0.4 is 5.32 Å². The maximum absolute atomic E-state index is 4.64. The average Bonchev–Trinajstić information content (AvgIpc) is 3.10. The van der Waals surface area contributed by atoms with E-state index in [-0.39, 0.29) is 0 Å². The van der Waals surface area contributed by atoms with Crippen LogP contribution >= 0.6 is 0 Å². The molecule has 5 heteroatoms. The summed E-state index contributed by atoms with van der Waals surface area (Å²) in [4.78, 5) is 13.1. The Balaban J connectivity index is 1.87. The lowest BCUT2D eigenvalue weighted by atomic mass is 10.2. The quantitative estimate of drug-likeness (QED) is 0.882. The van der Waals surface area contributed by atoms with E-state index in [1.54, 1.807) is 12.5 Å². The molecule has 3 rings (SSSR count). The molecule has 0 bridgehead atoms. The zero-order valence-corrected chi connectivity index (χ0v) is 10.7. The first-order chi connectivity index (χ1) is 8.74. The van der Waals surface area contributed by atoms with Crippen molar-refractivity contribution in [1.82, 2.24) is 24.8 Å². The van der Waals surface area contributed by atoms with Crippen LogP contribution in [0, 0.1) is 6.92 Å². The topological polar surface area (TPSA) is 55.6 Å². The van der Waals surface area contributed by atoms with Gasteiger partial charge in [0.1, 0.15) is 5.69 Å². The highest BCUT2D eigenvalue weighted by Gasteiger charge is 2.20. The van der Waals surface area contributed by atoms with Gasteiger partial charge < -0.3 is 9.88 Å². The average molecular weight is 243 g/mol. The van der Waals surface area contributed by atoms with E-state index in [9.17, 15) is 0 Å². The van der Waals surface area contributed by atoms with Gasteiger partial charge in [0.15, 0.2) is 5.82 Å². The lowest BCUT2D eigenvalue weighted by molar-refractivity contribution is 0.669. The third-order valence-electron chi connectivity index (χ3n) is 3.26. The van der Waals surface area contributed by atoms with Crippen LogP contribution in [0.15, 0.2) is 18.7 Å². The molecule has 94 valence electrons. The Kier molecular flexibility index (Phi) is 2.83. The molecule has 1 aliphatic rings. The van der Waals surface area contributed by atoms with E-state index in [1.807, 2.05) is 17.8 Å². The first-order valence-corrected chi connectivity index (χ1v) is 6.26. The van der Waals surface area contributed by atoms with Gasteiger partial charge in [0, 0.05) is 25.8 Å². The number of nitrogens with zero attached hydrogens (tertiary/aromatic N) is 4. The molecule has 0 saturated heterocycles. The molecule has 1 fully saturated rings. The molecule has 0 radical (unpaired) electrons. The molecule has 1 aliphatic carbocycles. The summed E-state index contributed by atoms with van der Waals surface area (Å²) in [5, 5.41) is 3.49.